The smallest absolute Gasteiger partial charge is 0.307 e. The zero-order chi connectivity index (χ0) is 15.4. The monoisotopic (exact) mass is 292 g/mol. The van der Waals surface area contributed by atoms with Crippen molar-refractivity contribution in [2.75, 3.05) is 38.2 Å². The van der Waals surface area contributed by atoms with E-state index in [4.69, 9.17) is 9.84 Å². The van der Waals surface area contributed by atoms with E-state index < -0.39 is 5.97 Å². The minimum Gasteiger partial charge on any atom is -0.497 e. The molecule has 21 heavy (non-hydrogen) atoms. The number of carboxylic acid groups (broad SMARTS) is 1. The number of nitrogens with zero attached hydrogens (tertiary/aromatic N) is 2. The number of ether oxygens (including phenoxy) is 1. The summed E-state index contributed by atoms with van der Waals surface area (Å²) in [6, 6.07) is 8.13. The molecule has 2 atom stereocenters. The van der Waals surface area contributed by atoms with Gasteiger partial charge in [-0.1, -0.05) is 13.0 Å². The van der Waals surface area contributed by atoms with Gasteiger partial charge < -0.3 is 14.7 Å². The van der Waals surface area contributed by atoms with Crippen molar-refractivity contribution in [1.29, 1.82) is 0 Å². The first-order valence-electron chi connectivity index (χ1n) is 7.38. The molecule has 1 N–H and O–H groups in total. The number of anilines is 1. The molecule has 2 rings (SSSR count). The zero-order valence-electron chi connectivity index (χ0n) is 13.0. The van der Waals surface area contributed by atoms with Crippen LogP contribution < -0.4 is 9.64 Å². The summed E-state index contributed by atoms with van der Waals surface area (Å²) >= 11 is 0. The van der Waals surface area contributed by atoms with Crippen LogP contribution in [-0.4, -0.2) is 55.3 Å². The van der Waals surface area contributed by atoms with Crippen molar-refractivity contribution in [3.63, 3.8) is 0 Å². The van der Waals surface area contributed by atoms with Crippen molar-refractivity contribution in [3.8, 4) is 5.75 Å². The van der Waals surface area contributed by atoms with E-state index in [1.54, 1.807) is 14.0 Å². The van der Waals surface area contributed by atoms with Crippen LogP contribution in [0.3, 0.4) is 0 Å². The second-order valence-corrected chi connectivity index (χ2v) is 5.59. The number of benzene rings is 1. The van der Waals surface area contributed by atoms with E-state index in [-0.39, 0.29) is 12.0 Å². The van der Waals surface area contributed by atoms with Gasteiger partial charge in [-0.2, -0.15) is 0 Å². The topological polar surface area (TPSA) is 53.0 Å². The Morgan fingerprint density at radius 3 is 2.48 bits per heavy atom. The lowest BCUT2D eigenvalue weighted by Crippen LogP contribution is -2.52. The van der Waals surface area contributed by atoms with E-state index in [1.165, 1.54) is 0 Å². The molecule has 2 unspecified atom stereocenters. The number of carbonyl (C=O) groups is 1. The van der Waals surface area contributed by atoms with Crippen molar-refractivity contribution < 1.29 is 14.6 Å². The zero-order valence-corrected chi connectivity index (χ0v) is 13.0. The van der Waals surface area contributed by atoms with Gasteiger partial charge in [0.1, 0.15) is 5.75 Å². The summed E-state index contributed by atoms with van der Waals surface area (Å²) in [5, 5.41) is 9.12. The van der Waals surface area contributed by atoms with Gasteiger partial charge in [-0.15, -0.1) is 0 Å². The minimum absolute atomic E-state index is 0.0648. The van der Waals surface area contributed by atoms with Crippen LogP contribution in [0, 0.1) is 5.92 Å². The number of rotatable bonds is 5. The maximum atomic E-state index is 11.1. The van der Waals surface area contributed by atoms with Crippen LogP contribution in [0.5, 0.6) is 5.75 Å². The maximum Gasteiger partial charge on any atom is 0.307 e. The van der Waals surface area contributed by atoms with Crippen LogP contribution in [0.2, 0.25) is 0 Å². The first kappa shape index (κ1) is 15.6. The molecule has 0 aliphatic carbocycles. The lowest BCUT2D eigenvalue weighted by atomic mass is 10.0. The molecule has 0 spiro atoms. The number of carboxylic acids is 1. The quantitative estimate of drug-likeness (QED) is 0.898. The number of piperazine rings is 1. The second kappa shape index (κ2) is 6.80. The number of methoxy groups -OCH3 is 1. The largest absolute Gasteiger partial charge is 0.497 e. The van der Waals surface area contributed by atoms with Gasteiger partial charge in [-0.3, -0.25) is 9.69 Å². The van der Waals surface area contributed by atoms with Crippen LogP contribution in [-0.2, 0) is 4.79 Å². The Labute approximate surface area is 126 Å². The molecule has 0 radical (unpaired) electrons. The Morgan fingerprint density at radius 1 is 1.24 bits per heavy atom. The fourth-order valence-corrected chi connectivity index (χ4v) is 2.72. The first-order valence-corrected chi connectivity index (χ1v) is 7.38. The van der Waals surface area contributed by atoms with Gasteiger partial charge in [0.25, 0.3) is 0 Å². The summed E-state index contributed by atoms with van der Waals surface area (Å²) in [5.74, 6) is -0.200. The van der Waals surface area contributed by atoms with Gasteiger partial charge in [-0.05, 0) is 19.1 Å². The molecule has 1 aromatic carbocycles. The van der Waals surface area contributed by atoms with Crippen molar-refractivity contribution in [2.24, 2.45) is 5.92 Å². The highest BCUT2D eigenvalue weighted by molar-refractivity contribution is 5.70. The second-order valence-electron chi connectivity index (χ2n) is 5.59. The van der Waals surface area contributed by atoms with E-state index >= 15 is 0 Å². The first-order chi connectivity index (χ1) is 10.0. The predicted molar refractivity (Wildman–Crippen MR) is 83.0 cm³/mol. The van der Waals surface area contributed by atoms with Crippen LogP contribution in [0.15, 0.2) is 24.3 Å². The SMILES string of the molecule is COc1cccc(N2CCN(C(C)C(C)C(=O)O)CC2)c1. The predicted octanol–water partition coefficient (Wildman–Crippen LogP) is 1.93. The Kier molecular flexibility index (Phi) is 5.07. The molecule has 1 saturated heterocycles. The summed E-state index contributed by atoms with van der Waals surface area (Å²) in [6.07, 6.45) is 0. The molecule has 5 nitrogen and oxygen atoms in total. The van der Waals surface area contributed by atoms with Crippen LogP contribution in [0.4, 0.5) is 5.69 Å². The van der Waals surface area contributed by atoms with Gasteiger partial charge in [0, 0.05) is 44.0 Å². The summed E-state index contributed by atoms with van der Waals surface area (Å²) < 4.78 is 5.26. The van der Waals surface area contributed by atoms with E-state index in [0.717, 1.165) is 37.6 Å². The molecule has 1 fully saturated rings. The van der Waals surface area contributed by atoms with Crippen molar-refractivity contribution in [1.82, 2.24) is 4.90 Å². The molecule has 1 aliphatic rings. The summed E-state index contributed by atoms with van der Waals surface area (Å²) in [7, 11) is 1.67. The van der Waals surface area contributed by atoms with Crippen molar-refractivity contribution >= 4 is 11.7 Å². The van der Waals surface area contributed by atoms with Gasteiger partial charge in [0.2, 0.25) is 0 Å². The third kappa shape index (κ3) is 3.67. The van der Waals surface area contributed by atoms with Crippen LogP contribution >= 0.6 is 0 Å². The number of hydrogen-bond donors (Lipinski definition) is 1. The molecule has 1 aliphatic heterocycles. The van der Waals surface area contributed by atoms with E-state index in [9.17, 15) is 4.79 Å². The molecule has 1 aromatic rings. The van der Waals surface area contributed by atoms with Crippen LogP contribution in [0.25, 0.3) is 0 Å². The molecule has 0 saturated carbocycles. The Hall–Kier alpha value is -1.75. The highest BCUT2D eigenvalue weighted by atomic mass is 16.5. The summed E-state index contributed by atoms with van der Waals surface area (Å²) in [5.41, 5.74) is 1.16. The molecule has 1 heterocycles. The Morgan fingerprint density at radius 2 is 1.90 bits per heavy atom. The molecule has 0 amide bonds. The molecule has 116 valence electrons. The molecule has 0 bridgehead atoms. The van der Waals surface area contributed by atoms with Gasteiger partial charge in [0.15, 0.2) is 0 Å². The number of hydrogen-bond acceptors (Lipinski definition) is 4. The normalized spacial score (nSPS) is 19.1. The highest BCUT2D eigenvalue weighted by Crippen LogP contribution is 2.23. The van der Waals surface area contributed by atoms with E-state index in [2.05, 4.69) is 15.9 Å². The highest BCUT2D eigenvalue weighted by Gasteiger charge is 2.28. The molecular formula is C16H24N2O3. The van der Waals surface area contributed by atoms with Crippen molar-refractivity contribution in [3.05, 3.63) is 24.3 Å². The lowest BCUT2D eigenvalue weighted by Gasteiger charge is -2.40. The lowest BCUT2D eigenvalue weighted by molar-refractivity contribution is -0.143. The van der Waals surface area contributed by atoms with Crippen molar-refractivity contribution in [2.45, 2.75) is 19.9 Å². The van der Waals surface area contributed by atoms with Crippen LogP contribution in [0.1, 0.15) is 13.8 Å². The summed E-state index contributed by atoms with van der Waals surface area (Å²) in [6.45, 7) is 7.36. The number of aliphatic carboxylic acids is 1. The standard InChI is InChI=1S/C16H24N2O3/c1-12(16(19)20)13(2)17-7-9-18(10-8-17)14-5-4-6-15(11-14)21-3/h4-6,11-13H,7-10H2,1-3H3,(H,19,20). The minimum atomic E-state index is -0.724. The molecule has 0 aromatic heterocycles. The maximum absolute atomic E-state index is 11.1. The average molecular weight is 292 g/mol. The fourth-order valence-electron chi connectivity index (χ4n) is 2.72. The van der Waals surface area contributed by atoms with E-state index in [1.807, 2.05) is 25.1 Å². The third-order valence-electron chi connectivity index (χ3n) is 4.42. The summed E-state index contributed by atoms with van der Waals surface area (Å²) in [4.78, 5) is 15.7. The van der Waals surface area contributed by atoms with Gasteiger partial charge in [0.05, 0.1) is 13.0 Å². The fraction of sp³-hybridized carbons (Fsp3) is 0.562. The van der Waals surface area contributed by atoms with E-state index in [0.29, 0.717) is 0 Å². The third-order valence-corrected chi connectivity index (χ3v) is 4.42. The Balaban J connectivity index is 1.95. The Bertz CT molecular complexity index is 484. The molecular weight excluding hydrogens is 268 g/mol. The van der Waals surface area contributed by atoms with Gasteiger partial charge in [-0.25, -0.2) is 0 Å². The molecule has 5 heteroatoms. The average Bonchev–Trinajstić information content (AvgIpc) is 2.53. The van der Waals surface area contributed by atoms with Gasteiger partial charge >= 0.3 is 5.97 Å².